The lowest BCUT2D eigenvalue weighted by Gasteiger charge is -2.26. The molecule has 28 heavy (non-hydrogen) atoms. The highest BCUT2D eigenvalue weighted by atomic mass is 32.2. The van der Waals surface area contributed by atoms with Crippen molar-refractivity contribution >= 4 is 15.9 Å². The topological polar surface area (TPSA) is 75.7 Å². The van der Waals surface area contributed by atoms with E-state index in [1.54, 1.807) is 19.1 Å². The predicted octanol–water partition coefficient (Wildman–Crippen LogP) is 2.82. The number of amides is 1. The molecular formula is C21H26N2O4S. The molecule has 1 aliphatic rings. The molecule has 6 nitrogen and oxygen atoms in total. The van der Waals surface area contributed by atoms with Gasteiger partial charge in [-0.1, -0.05) is 35.9 Å². The van der Waals surface area contributed by atoms with Crippen LogP contribution in [0.25, 0.3) is 0 Å². The van der Waals surface area contributed by atoms with Gasteiger partial charge in [0.15, 0.2) is 0 Å². The lowest BCUT2D eigenvalue weighted by Crippen LogP contribution is -2.40. The highest BCUT2D eigenvalue weighted by Crippen LogP contribution is 2.22. The summed E-state index contributed by atoms with van der Waals surface area (Å²) in [5, 5.41) is 2.96. The fraction of sp³-hybridized carbons (Fsp3) is 0.381. The molecule has 2 aromatic carbocycles. The molecule has 0 saturated carbocycles. The van der Waals surface area contributed by atoms with Gasteiger partial charge < -0.3 is 10.1 Å². The Balaban J connectivity index is 1.82. The normalized spacial score (nSPS) is 16.5. The number of rotatable bonds is 5. The zero-order chi connectivity index (χ0) is 20.3. The molecule has 150 valence electrons. The van der Waals surface area contributed by atoms with E-state index < -0.39 is 10.0 Å². The molecule has 1 aliphatic heterocycles. The van der Waals surface area contributed by atoms with Gasteiger partial charge in [0.2, 0.25) is 10.0 Å². The molecule has 1 unspecified atom stereocenters. The molecule has 2 aromatic rings. The molecule has 1 amide bonds. The van der Waals surface area contributed by atoms with Crippen LogP contribution < -0.4 is 5.32 Å². The summed E-state index contributed by atoms with van der Waals surface area (Å²) in [6, 6.07) is 12.5. The molecule has 0 aromatic heterocycles. The van der Waals surface area contributed by atoms with Crippen molar-refractivity contribution in [1.29, 1.82) is 0 Å². The van der Waals surface area contributed by atoms with E-state index in [-0.39, 0.29) is 16.8 Å². The SMILES string of the molecule is Cc1ccc(C(C)NC(=O)c2cc(S(=O)(=O)N3CCOCC3)ccc2C)cc1. The van der Waals surface area contributed by atoms with Crippen LogP contribution in [0.1, 0.15) is 40.0 Å². The summed E-state index contributed by atoms with van der Waals surface area (Å²) in [7, 11) is -3.65. The van der Waals surface area contributed by atoms with Crippen LogP contribution in [0.15, 0.2) is 47.4 Å². The van der Waals surface area contributed by atoms with E-state index in [0.717, 1.165) is 16.7 Å². The first-order valence-corrected chi connectivity index (χ1v) is 10.8. The minimum absolute atomic E-state index is 0.133. The van der Waals surface area contributed by atoms with E-state index in [1.807, 2.05) is 38.1 Å². The Labute approximate surface area is 166 Å². The molecular weight excluding hydrogens is 376 g/mol. The smallest absolute Gasteiger partial charge is 0.252 e. The maximum atomic E-state index is 12.9. The number of carbonyl (C=O) groups excluding carboxylic acids is 1. The first kappa shape index (κ1) is 20.5. The number of sulfonamides is 1. The predicted molar refractivity (Wildman–Crippen MR) is 108 cm³/mol. The molecule has 1 N–H and O–H groups in total. The van der Waals surface area contributed by atoms with Gasteiger partial charge in [0.05, 0.1) is 24.2 Å². The van der Waals surface area contributed by atoms with Crippen LogP contribution in [0.3, 0.4) is 0 Å². The summed E-state index contributed by atoms with van der Waals surface area (Å²) in [6.45, 7) is 7.13. The Kier molecular flexibility index (Phi) is 6.17. The zero-order valence-electron chi connectivity index (χ0n) is 16.4. The van der Waals surface area contributed by atoms with Crippen molar-refractivity contribution in [3.8, 4) is 0 Å². The van der Waals surface area contributed by atoms with Crippen LogP contribution in [-0.4, -0.2) is 44.9 Å². The fourth-order valence-corrected chi connectivity index (χ4v) is 4.59. The molecule has 0 spiro atoms. The molecule has 3 rings (SSSR count). The monoisotopic (exact) mass is 402 g/mol. The molecule has 1 fully saturated rings. The second-order valence-electron chi connectivity index (χ2n) is 7.10. The van der Waals surface area contributed by atoms with Gasteiger partial charge in [-0.05, 0) is 44.0 Å². The Hall–Kier alpha value is -2.22. The van der Waals surface area contributed by atoms with Crippen LogP contribution in [0.2, 0.25) is 0 Å². The number of ether oxygens (including phenoxy) is 1. The van der Waals surface area contributed by atoms with E-state index in [0.29, 0.717) is 31.9 Å². The first-order valence-electron chi connectivity index (χ1n) is 9.35. The van der Waals surface area contributed by atoms with E-state index in [1.165, 1.54) is 10.4 Å². The average molecular weight is 403 g/mol. The summed E-state index contributed by atoms with van der Waals surface area (Å²) in [4.78, 5) is 13.0. The number of aryl methyl sites for hydroxylation is 2. The largest absolute Gasteiger partial charge is 0.379 e. The Morgan fingerprint density at radius 3 is 2.36 bits per heavy atom. The molecule has 1 heterocycles. The molecule has 1 saturated heterocycles. The van der Waals surface area contributed by atoms with Crippen LogP contribution in [-0.2, 0) is 14.8 Å². The van der Waals surface area contributed by atoms with Gasteiger partial charge in [0.25, 0.3) is 5.91 Å². The van der Waals surface area contributed by atoms with Gasteiger partial charge in [-0.25, -0.2) is 8.42 Å². The molecule has 0 bridgehead atoms. The Bertz CT molecular complexity index is 949. The third-order valence-corrected chi connectivity index (χ3v) is 6.88. The summed E-state index contributed by atoms with van der Waals surface area (Å²) >= 11 is 0. The summed E-state index contributed by atoms with van der Waals surface area (Å²) in [6.07, 6.45) is 0. The number of hydrogen-bond acceptors (Lipinski definition) is 4. The van der Waals surface area contributed by atoms with E-state index in [9.17, 15) is 13.2 Å². The van der Waals surface area contributed by atoms with Crippen molar-refractivity contribution in [2.24, 2.45) is 0 Å². The van der Waals surface area contributed by atoms with Crippen LogP contribution in [0.4, 0.5) is 0 Å². The van der Waals surface area contributed by atoms with Gasteiger partial charge in [-0.2, -0.15) is 4.31 Å². The maximum absolute atomic E-state index is 12.9. The van der Waals surface area contributed by atoms with Crippen molar-refractivity contribution < 1.29 is 17.9 Å². The minimum atomic E-state index is -3.65. The average Bonchev–Trinajstić information content (AvgIpc) is 2.69. The third-order valence-electron chi connectivity index (χ3n) is 4.99. The molecule has 0 radical (unpaired) electrons. The Morgan fingerprint density at radius 2 is 1.71 bits per heavy atom. The summed E-state index contributed by atoms with van der Waals surface area (Å²) in [5.41, 5.74) is 3.25. The molecule has 1 atom stereocenters. The van der Waals surface area contributed by atoms with Crippen LogP contribution in [0, 0.1) is 13.8 Å². The van der Waals surface area contributed by atoms with Crippen molar-refractivity contribution in [1.82, 2.24) is 9.62 Å². The highest BCUT2D eigenvalue weighted by molar-refractivity contribution is 7.89. The second-order valence-corrected chi connectivity index (χ2v) is 9.04. The van der Waals surface area contributed by atoms with Gasteiger partial charge >= 0.3 is 0 Å². The maximum Gasteiger partial charge on any atom is 0.252 e. The standard InChI is InChI=1S/C21H26N2O4S/c1-15-4-7-18(8-5-15)17(3)22-21(24)20-14-19(9-6-16(20)2)28(25,26)23-10-12-27-13-11-23/h4-9,14,17H,10-13H2,1-3H3,(H,22,24). The summed E-state index contributed by atoms with van der Waals surface area (Å²) in [5.74, 6) is -0.287. The van der Waals surface area contributed by atoms with Crippen molar-refractivity contribution in [3.63, 3.8) is 0 Å². The number of morpholine rings is 1. The molecule has 0 aliphatic carbocycles. The molecule has 7 heteroatoms. The minimum Gasteiger partial charge on any atom is -0.379 e. The van der Waals surface area contributed by atoms with E-state index >= 15 is 0 Å². The van der Waals surface area contributed by atoms with Crippen molar-refractivity contribution in [2.45, 2.75) is 31.7 Å². The number of nitrogens with one attached hydrogen (secondary N) is 1. The van der Waals surface area contributed by atoms with Gasteiger partial charge in [0.1, 0.15) is 0 Å². The van der Waals surface area contributed by atoms with Crippen LogP contribution in [0.5, 0.6) is 0 Å². The van der Waals surface area contributed by atoms with E-state index in [2.05, 4.69) is 5.32 Å². The van der Waals surface area contributed by atoms with Crippen molar-refractivity contribution in [2.75, 3.05) is 26.3 Å². The van der Waals surface area contributed by atoms with Crippen molar-refractivity contribution in [3.05, 3.63) is 64.7 Å². The number of benzene rings is 2. The van der Waals surface area contributed by atoms with E-state index in [4.69, 9.17) is 4.74 Å². The van der Waals surface area contributed by atoms with Gasteiger partial charge in [-0.3, -0.25) is 4.79 Å². The number of nitrogens with zero attached hydrogens (tertiary/aromatic N) is 1. The highest BCUT2D eigenvalue weighted by Gasteiger charge is 2.27. The first-order chi connectivity index (χ1) is 13.3. The Morgan fingerprint density at radius 1 is 1.07 bits per heavy atom. The van der Waals surface area contributed by atoms with Gasteiger partial charge in [-0.15, -0.1) is 0 Å². The fourth-order valence-electron chi connectivity index (χ4n) is 3.16. The zero-order valence-corrected chi connectivity index (χ0v) is 17.3. The second kappa shape index (κ2) is 8.43. The lowest BCUT2D eigenvalue weighted by atomic mass is 10.0. The lowest BCUT2D eigenvalue weighted by molar-refractivity contribution is 0.0730. The van der Waals surface area contributed by atoms with Crippen LogP contribution >= 0.6 is 0 Å². The third kappa shape index (κ3) is 4.43. The number of carbonyl (C=O) groups is 1. The summed E-state index contributed by atoms with van der Waals surface area (Å²) < 4.78 is 32.4. The number of hydrogen-bond donors (Lipinski definition) is 1. The van der Waals surface area contributed by atoms with Gasteiger partial charge in [0, 0.05) is 18.7 Å². The quantitative estimate of drug-likeness (QED) is 0.834.